The van der Waals surface area contributed by atoms with Crippen molar-refractivity contribution in [3.8, 4) is 0 Å². The van der Waals surface area contributed by atoms with Crippen LogP contribution in [0.3, 0.4) is 0 Å². The summed E-state index contributed by atoms with van der Waals surface area (Å²) in [6, 6.07) is 0.486. The molecule has 0 aromatic rings. The van der Waals surface area contributed by atoms with Crippen molar-refractivity contribution in [1.29, 1.82) is 0 Å². The van der Waals surface area contributed by atoms with Gasteiger partial charge in [0.1, 0.15) is 0 Å². The molecule has 16 heavy (non-hydrogen) atoms. The van der Waals surface area contributed by atoms with E-state index in [1.807, 2.05) is 7.05 Å². The molecule has 1 unspecified atom stereocenters. The van der Waals surface area contributed by atoms with Gasteiger partial charge in [-0.05, 0) is 61.2 Å². The third kappa shape index (κ3) is 6.29. The first kappa shape index (κ1) is 15.7. The van der Waals surface area contributed by atoms with Crippen molar-refractivity contribution in [2.75, 3.05) is 20.6 Å². The Hall–Kier alpha value is -0.340. The van der Waals surface area contributed by atoms with Crippen LogP contribution < -0.4 is 5.32 Å². The molecule has 0 aliphatic rings. The van der Waals surface area contributed by atoms with E-state index in [-0.39, 0.29) is 5.54 Å². The van der Waals surface area contributed by atoms with E-state index < -0.39 is 0 Å². The third-order valence-corrected chi connectivity index (χ3v) is 3.32. The first-order valence-corrected chi connectivity index (χ1v) is 6.33. The molecule has 2 nitrogen and oxygen atoms in total. The molecule has 96 valence electrons. The highest BCUT2D eigenvalue weighted by Crippen LogP contribution is 2.13. The topological polar surface area (TPSA) is 15.3 Å². The number of nitrogens with zero attached hydrogens (tertiary/aromatic N) is 1. The molecule has 0 spiro atoms. The summed E-state index contributed by atoms with van der Waals surface area (Å²) in [6.45, 7) is 14.1. The van der Waals surface area contributed by atoms with Gasteiger partial charge in [0.05, 0.1) is 0 Å². The third-order valence-electron chi connectivity index (χ3n) is 3.32. The zero-order valence-electron chi connectivity index (χ0n) is 12.1. The van der Waals surface area contributed by atoms with Crippen LogP contribution in [-0.4, -0.2) is 37.1 Å². The van der Waals surface area contributed by atoms with E-state index in [1.54, 1.807) is 0 Å². The lowest BCUT2D eigenvalue weighted by molar-refractivity contribution is 0.172. The van der Waals surface area contributed by atoms with Crippen LogP contribution in [0.4, 0.5) is 0 Å². The maximum atomic E-state index is 4.01. The van der Waals surface area contributed by atoms with Gasteiger partial charge in [-0.3, -0.25) is 0 Å². The molecule has 0 heterocycles. The number of unbranched alkanes of at least 4 members (excludes halogenated alkanes) is 1. The fourth-order valence-corrected chi connectivity index (χ4v) is 1.67. The van der Waals surface area contributed by atoms with E-state index in [0.717, 1.165) is 0 Å². The lowest BCUT2D eigenvalue weighted by Gasteiger charge is -2.32. The van der Waals surface area contributed by atoms with Crippen LogP contribution in [-0.2, 0) is 0 Å². The number of hydrogen-bond donors (Lipinski definition) is 1. The average Bonchev–Trinajstić information content (AvgIpc) is 2.15. The molecule has 0 aliphatic carbocycles. The van der Waals surface area contributed by atoms with Crippen molar-refractivity contribution in [2.45, 2.75) is 58.5 Å². The summed E-state index contributed by atoms with van der Waals surface area (Å²) in [5, 5.41) is 3.31. The van der Waals surface area contributed by atoms with Gasteiger partial charge in [-0.1, -0.05) is 18.6 Å². The summed E-state index contributed by atoms with van der Waals surface area (Å²) in [5.74, 6) is 0. The summed E-state index contributed by atoms with van der Waals surface area (Å²) >= 11 is 0. The van der Waals surface area contributed by atoms with Crippen molar-refractivity contribution in [3.63, 3.8) is 0 Å². The number of hydrogen-bond acceptors (Lipinski definition) is 2. The SMILES string of the molecule is C=C(C)C(CCCCN(C)C(C)(C)C)NC. The van der Waals surface area contributed by atoms with Crippen molar-refractivity contribution >= 4 is 0 Å². The predicted molar refractivity (Wildman–Crippen MR) is 73.9 cm³/mol. The van der Waals surface area contributed by atoms with Gasteiger partial charge in [-0.15, -0.1) is 0 Å². The predicted octanol–water partition coefficient (Wildman–Crippen LogP) is 3.05. The summed E-state index contributed by atoms with van der Waals surface area (Å²) in [4.78, 5) is 2.42. The van der Waals surface area contributed by atoms with Crippen LogP contribution in [0.5, 0.6) is 0 Å². The Labute approximate surface area is 102 Å². The fourth-order valence-electron chi connectivity index (χ4n) is 1.67. The minimum Gasteiger partial charge on any atom is -0.313 e. The van der Waals surface area contributed by atoms with Crippen LogP contribution in [0.25, 0.3) is 0 Å². The zero-order valence-corrected chi connectivity index (χ0v) is 12.1. The van der Waals surface area contributed by atoms with Crippen molar-refractivity contribution in [2.24, 2.45) is 0 Å². The maximum absolute atomic E-state index is 4.01. The number of likely N-dealkylation sites (N-methyl/N-ethyl adjacent to an activating group) is 1. The van der Waals surface area contributed by atoms with E-state index in [1.165, 1.54) is 31.4 Å². The first-order chi connectivity index (χ1) is 7.29. The largest absolute Gasteiger partial charge is 0.313 e. The highest BCUT2D eigenvalue weighted by molar-refractivity contribution is 5.00. The van der Waals surface area contributed by atoms with Crippen LogP contribution in [0.1, 0.15) is 47.0 Å². The summed E-state index contributed by atoms with van der Waals surface area (Å²) in [7, 11) is 4.22. The molecule has 0 aromatic heterocycles. The molecule has 0 rings (SSSR count). The summed E-state index contributed by atoms with van der Waals surface area (Å²) in [5.41, 5.74) is 1.53. The van der Waals surface area contributed by atoms with E-state index in [4.69, 9.17) is 0 Å². The van der Waals surface area contributed by atoms with Crippen LogP contribution in [0, 0.1) is 0 Å². The molecule has 1 N–H and O–H groups in total. The van der Waals surface area contributed by atoms with E-state index in [0.29, 0.717) is 6.04 Å². The molecular weight excluding hydrogens is 196 g/mol. The van der Waals surface area contributed by atoms with Crippen molar-refractivity contribution in [1.82, 2.24) is 10.2 Å². The Balaban J connectivity index is 3.72. The molecule has 0 saturated carbocycles. The molecule has 0 bridgehead atoms. The lowest BCUT2D eigenvalue weighted by atomic mass is 10.0. The van der Waals surface area contributed by atoms with Gasteiger partial charge in [0.15, 0.2) is 0 Å². The van der Waals surface area contributed by atoms with Crippen molar-refractivity contribution < 1.29 is 0 Å². The molecule has 2 heteroatoms. The Morgan fingerprint density at radius 3 is 2.25 bits per heavy atom. The maximum Gasteiger partial charge on any atom is 0.0271 e. The minimum absolute atomic E-state index is 0.288. The molecule has 0 aromatic carbocycles. The molecule has 0 radical (unpaired) electrons. The van der Waals surface area contributed by atoms with E-state index >= 15 is 0 Å². The highest BCUT2D eigenvalue weighted by Gasteiger charge is 2.16. The van der Waals surface area contributed by atoms with Gasteiger partial charge in [0.2, 0.25) is 0 Å². The Kier molecular flexibility index (Phi) is 6.93. The van der Waals surface area contributed by atoms with Gasteiger partial charge < -0.3 is 10.2 Å². The second-order valence-corrected chi connectivity index (χ2v) is 5.78. The fraction of sp³-hybridized carbons (Fsp3) is 0.857. The summed E-state index contributed by atoms with van der Waals surface area (Å²) < 4.78 is 0. The average molecular weight is 226 g/mol. The van der Waals surface area contributed by atoms with E-state index in [2.05, 4.69) is 51.5 Å². The zero-order chi connectivity index (χ0) is 12.8. The van der Waals surface area contributed by atoms with Crippen LogP contribution in [0.15, 0.2) is 12.2 Å². The Morgan fingerprint density at radius 2 is 1.88 bits per heavy atom. The van der Waals surface area contributed by atoms with Crippen LogP contribution >= 0.6 is 0 Å². The Bertz CT molecular complexity index is 203. The van der Waals surface area contributed by atoms with Gasteiger partial charge in [-0.25, -0.2) is 0 Å². The van der Waals surface area contributed by atoms with Gasteiger partial charge in [-0.2, -0.15) is 0 Å². The van der Waals surface area contributed by atoms with Crippen molar-refractivity contribution in [3.05, 3.63) is 12.2 Å². The molecule has 0 amide bonds. The minimum atomic E-state index is 0.288. The number of rotatable bonds is 7. The molecular formula is C14H30N2. The van der Waals surface area contributed by atoms with Gasteiger partial charge >= 0.3 is 0 Å². The monoisotopic (exact) mass is 226 g/mol. The molecule has 0 aliphatic heterocycles. The quantitative estimate of drug-likeness (QED) is 0.530. The summed E-state index contributed by atoms with van der Waals surface area (Å²) in [6.07, 6.45) is 3.72. The first-order valence-electron chi connectivity index (χ1n) is 6.33. The van der Waals surface area contributed by atoms with E-state index in [9.17, 15) is 0 Å². The van der Waals surface area contributed by atoms with Gasteiger partial charge in [0.25, 0.3) is 0 Å². The molecule has 1 atom stereocenters. The lowest BCUT2D eigenvalue weighted by Crippen LogP contribution is -2.38. The van der Waals surface area contributed by atoms with Gasteiger partial charge in [0, 0.05) is 11.6 Å². The molecule has 0 fully saturated rings. The van der Waals surface area contributed by atoms with Crippen LogP contribution in [0.2, 0.25) is 0 Å². The smallest absolute Gasteiger partial charge is 0.0271 e. The highest BCUT2D eigenvalue weighted by atomic mass is 15.1. The number of nitrogens with one attached hydrogen (secondary N) is 1. The second kappa shape index (κ2) is 7.08. The normalized spacial score (nSPS) is 14.2. The second-order valence-electron chi connectivity index (χ2n) is 5.78. The Morgan fingerprint density at radius 1 is 1.31 bits per heavy atom. The molecule has 0 saturated heterocycles. The standard InChI is InChI=1S/C14H30N2/c1-12(2)13(15-6)10-8-9-11-16(7)14(3,4)5/h13,15H,1,8-11H2,2-7H3.